The molecule has 1 aliphatic rings. The second-order valence-electron chi connectivity index (χ2n) is 9.02. The molecule has 0 unspecified atom stereocenters. The van der Waals surface area contributed by atoms with Crippen LogP contribution in [0.25, 0.3) is 0 Å². The van der Waals surface area contributed by atoms with Crippen molar-refractivity contribution in [3.05, 3.63) is 17.1 Å². The van der Waals surface area contributed by atoms with Gasteiger partial charge >= 0.3 is 0 Å². The Morgan fingerprint density at radius 3 is 1.83 bits per heavy atom. The van der Waals surface area contributed by atoms with E-state index in [0.29, 0.717) is 12.0 Å². The van der Waals surface area contributed by atoms with Crippen LogP contribution >= 0.6 is 11.5 Å². The van der Waals surface area contributed by atoms with E-state index in [1.54, 1.807) is 0 Å². The smallest absolute Gasteiger partial charge is 0.184 e. The third kappa shape index (κ3) is 6.15. The first-order valence-corrected chi connectivity index (χ1v) is 10.7. The quantitative estimate of drug-likeness (QED) is 0.486. The zero-order chi connectivity index (χ0) is 18.5. The minimum absolute atomic E-state index is 0.604. The van der Waals surface area contributed by atoms with Crippen LogP contribution in [0.2, 0.25) is 0 Å². The predicted octanol–water partition coefficient (Wildman–Crippen LogP) is 5.65. The number of aromatic nitrogens is 1. The monoisotopic (exact) mass is 354 g/mol. The number of hydrogen-bond donors (Lipinski definition) is 0. The first kappa shape index (κ1) is 21.6. The Hall–Kier alpha value is -0.410. The van der Waals surface area contributed by atoms with Crippen LogP contribution in [0.4, 0.5) is 0 Å². The molecule has 0 radical (unpaired) electrons. The highest BCUT2D eigenvalue weighted by Gasteiger charge is 2.33. The van der Waals surface area contributed by atoms with Gasteiger partial charge in [0.05, 0.1) is 31.1 Å². The van der Waals surface area contributed by atoms with Crippen molar-refractivity contribution in [1.82, 2.24) is 0 Å². The van der Waals surface area contributed by atoms with Gasteiger partial charge in [-0.05, 0) is 58.3 Å². The van der Waals surface area contributed by atoms with E-state index in [-0.39, 0.29) is 0 Å². The zero-order valence-electron chi connectivity index (χ0n) is 17.7. The fraction of sp³-hybridized carbons (Fsp3) is 0.857. The largest absolute Gasteiger partial charge is 0.324 e. The first-order chi connectivity index (χ1) is 11.1. The van der Waals surface area contributed by atoms with Crippen molar-refractivity contribution in [1.29, 1.82) is 0 Å². The van der Waals surface area contributed by atoms with Gasteiger partial charge in [-0.1, -0.05) is 27.7 Å². The lowest BCUT2D eigenvalue weighted by Crippen LogP contribution is -2.54. The summed E-state index contributed by atoms with van der Waals surface area (Å²) in [5.74, 6) is 2.55. The van der Waals surface area contributed by atoms with Crippen LogP contribution in [-0.4, -0.2) is 30.7 Å². The van der Waals surface area contributed by atoms with Gasteiger partial charge in [-0.25, -0.2) is 0 Å². The number of rotatable bonds is 4. The molecule has 1 saturated heterocycles. The van der Waals surface area contributed by atoms with Crippen molar-refractivity contribution in [3.8, 4) is 0 Å². The molecular formula is C21H42N2S+2. The van der Waals surface area contributed by atoms with Crippen LogP contribution in [0.3, 0.4) is 0 Å². The van der Waals surface area contributed by atoms with E-state index in [0.717, 1.165) is 17.9 Å². The lowest BCUT2D eigenvalue weighted by Gasteiger charge is -2.44. The molecule has 2 nitrogen and oxygen atoms in total. The maximum Gasteiger partial charge on any atom is 0.184 e. The summed E-state index contributed by atoms with van der Waals surface area (Å²) in [6.45, 7) is 21.1. The number of nitrogens with zero attached hydrogens (tertiary/aromatic N) is 2. The third-order valence-electron chi connectivity index (χ3n) is 5.89. The van der Waals surface area contributed by atoms with Crippen LogP contribution < -0.4 is 3.96 Å². The highest BCUT2D eigenvalue weighted by atomic mass is 32.1. The second-order valence-corrected chi connectivity index (χ2v) is 10.1. The van der Waals surface area contributed by atoms with Gasteiger partial charge in [0.25, 0.3) is 0 Å². The number of hydrogen-bond acceptors (Lipinski definition) is 1. The molecule has 0 atom stereocenters. The molecule has 0 bridgehead atoms. The van der Waals surface area contributed by atoms with Gasteiger partial charge in [0, 0.05) is 6.07 Å². The van der Waals surface area contributed by atoms with Crippen molar-refractivity contribution in [2.75, 3.05) is 20.1 Å². The minimum Gasteiger partial charge on any atom is -0.324 e. The summed E-state index contributed by atoms with van der Waals surface area (Å²) >= 11 is 1.87. The van der Waals surface area contributed by atoms with Crippen LogP contribution in [0.15, 0.2) is 12.3 Å². The number of quaternary nitrogens is 1. The number of likely N-dealkylation sites (tertiary alicyclic amines) is 1. The first-order valence-electron chi connectivity index (χ1n) is 9.92. The molecular weight excluding hydrogens is 312 g/mol. The highest BCUT2D eigenvalue weighted by Crippen LogP contribution is 2.29. The fourth-order valence-electron chi connectivity index (χ4n) is 3.27. The van der Waals surface area contributed by atoms with Gasteiger partial charge in [-0.3, -0.25) is 0 Å². The van der Waals surface area contributed by atoms with Gasteiger partial charge in [-0.15, -0.1) is 3.96 Å². The molecule has 2 heterocycles. The molecule has 0 N–H and O–H groups in total. The molecule has 2 rings (SSSR count). The normalized spacial score (nSPS) is 24.6. The maximum atomic E-state index is 2.42. The third-order valence-corrected chi connectivity index (χ3v) is 7.46. The Morgan fingerprint density at radius 2 is 1.54 bits per heavy atom. The second kappa shape index (κ2) is 9.33. The van der Waals surface area contributed by atoms with Gasteiger partial charge in [0.1, 0.15) is 11.5 Å². The van der Waals surface area contributed by atoms with E-state index < -0.39 is 0 Å². The van der Waals surface area contributed by atoms with Crippen molar-refractivity contribution in [3.63, 3.8) is 0 Å². The van der Waals surface area contributed by atoms with Gasteiger partial charge in [0.2, 0.25) is 0 Å². The van der Waals surface area contributed by atoms with Crippen LogP contribution in [0.1, 0.15) is 85.1 Å². The summed E-state index contributed by atoms with van der Waals surface area (Å²) in [6.07, 6.45) is 5.04. The Balaban J connectivity index is 0.000000243. The van der Waals surface area contributed by atoms with Crippen LogP contribution in [-0.2, 0) is 0 Å². The summed E-state index contributed by atoms with van der Waals surface area (Å²) in [4.78, 5) is 1.47. The topological polar surface area (TPSA) is 3.88 Å². The molecule has 140 valence electrons. The molecule has 0 saturated carbocycles. The standard InChI is InChI=1S/C12H26N.C9H16NS/c1-10(2)12-6-8-13(5,9-7-12)11(3)4;1-7(2)9-5-6-10(11-9)8(3)4/h10-12H,6-9H2,1-5H3;5-8H,1-4H3/q2*+1. The summed E-state index contributed by atoms with van der Waals surface area (Å²) in [5, 5.41) is 0. The molecule has 0 aromatic carbocycles. The average Bonchev–Trinajstić information content (AvgIpc) is 2.98. The van der Waals surface area contributed by atoms with Gasteiger partial charge in [-0.2, -0.15) is 0 Å². The summed E-state index contributed by atoms with van der Waals surface area (Å²) < 4.78 is 3.58. The van der Waals surface area contributed by atoms with Crippen molar-refractivity contribution >= 4 is 11.5 Å². The van der Waals surface area contributed by atoms with E-state index in [4.69, 9.17) is 0 Å². The van der Waals surface area contributed by atoms with Crippen LogP contribution in [0, 0.1) is 11.8 Å². The zero-order valence-corrected chi connectivity index (χ0v) is 18.5. The van der Waals surface area contributed by atoms with Crippen molar-refractivity contribution in [2.45, 2.75) is 86.2 Å². The van der Waals surface area contributed by atoms with E-state index >= 15 is 0 Å². The predicted molar refractivity (Wildman–Crippen MR) is 108 cm³/mol. The molecule has 0 aliphatic carbocycles. The van der Waals surface area contributed by atoms with E-state index in [1.165, 1.54) is 35.3 Å². The Morgan fingerprint density at radius 1 is 1.00 bits per heavy atom. The Bertz CT molecular complexity index is 443. The molecule has 1 aromatic heterocycles. The van der Waals surface area contributed by atoms with Crippen molar-refractivity contribution < 1.29 is 8.44 Å². The summed E-state index contributed by atoms with van der Waals surface area (Å²) in [5.41, 5.74) is 0. The molecule has 1 aromatic rings. The maximum absolute atomic E-state index is 2.42. The van der Waals surface area contributed by atoms with Gasteiger partial charge in [0.15, 0.2) is 12.2 Å². The Labute approximate surface area is 155 Å². The lowest BCUT2D eigenvalue weighted by molar-refractivity contribution is -0.935. The summed E-state index contributed by atoms with van der Waals surface area (Å²) in [6, 6.07) is 3.62. The lowest BCUT2D eigenvalue weighted by atomic mass is 9.85. The highest BCUT2D eigenvalue weighted by molar-refractivity contribution is 7.01. The average molecular weight is 355 g/mol. The molecule has 1 aliphatic heterocycles. The Kier molecular flexibility index (Phi) is 8.41. The van der Waals surface area contributed by atoms with E-state index in [9.17, 15) is 0 Å². The fourth-order valence-corrected chi connectivity index (χ4v) is 4.17. The van der Waals surface area contributed by atoms with E-state index in [1.807, 2.05) is 11.5 Å². The molecule has 0 spiro atoms. The molecule has 1 fully saturated rings. The van der Waals surface area contributed by atoms with E-state index in [2.05, 4.69) is 78.7 Å². The molecule has 0 amide bonds. The molecule has 3 heteroatoms. The van der Waals surface area contributed by atoms with Crippen molar-refractivity contribution in [2.24, 2.45) is 11.8 Å². The SMILES string of the molecule is CC(C)C1CC[N+](C)(C(C)C)CC1.CC(C)c1cc[n+](C(C)C)s1. The summed E-state index contributed by atoms with van der Waals surface area (Å²) in [7, 11) is 2.42. The van der Waals surface area contributed by atoms with Gasteiger partial charge < -0.3 is 4.48 Å². The minimum atomic E-state index is 0.604. The number of piperidine rings is 1. The molecule has 24 heavy (non-hydrogen) atoms. The van der Waals surface area contributed by atoms with Crippen LogP contribution in [0.5, 0.6) is 0 Å².